The second-order valence-corrected chi connectivity index (χ2v) is 3.09. The van der Waals surface area contributed by atoms with Crippen molar-refractivity contribution in [2.45, 2.75) is 6.42 Å². The molecule has 0 aliphatic heterocycles. The Labute approximate surface area is 85.4 Å². The summed E-state index contributed by atoms with van der Waals surface area (Å²) in [6, 6.07) is 6.28. The number of oxime groups is 1. The molecule has 0 heterocycles. The molecule has 0 bridgehead atoms. The molecule has 4 nitrogen and oxygen atoms in total. The molecule has 2 N–H and O–H groups in total. The monoisotopic (exact) mass is 213 g/mol. The van der Waals surface area contributed by atoms with Gasteiger partial charge in [0.25, 0.3) is 0 Å². The minimum absolute atomic E-state index is 0.0209. The van der Waals surface area contributed by atoms with Crippen LogP contribution in [0.3, 0.4) is 0 Å². The Morgan fingerprint density at radius 2 is 2.21 bits per heavy atom. The number of halogens is 1. The second-order valence-electron chi connectivity index (χ2n) is 2.66. The third-order valence-electron chi connectivity index (χ3n) is 1.63. The van der Waals surface area contributed by atoms with Gasteiger partial charge in [0.2, 0.25) is 0 Å². The van der Waals surface area contributed by atoms with E-state index in [1.807, 2.05) is 0 Å². The van der Waals surface area contributed by atoms with Crippen molar-refractivity contribution in [3.05, 3.63) is 35.4 Å². The number of hydrogen-bond acceptors (Lipinski definition) is 3. The van der Waals surface area contributed by atoms with Crippen LogP contribution in [0.1, 0.15) is 15.9 Å². The summed E-state index contributed by atoms with van der Waals surface area (Å²) in [6.07, 6.45) is 0.221. The van der Waals surface area contributed by atoms with Gasteiger partial charge in [-0.1, -0.05) is 28.9 Å². The molecule has 1 rings (SSSR count). The summed E-state index contributed by atoms with van der Waals surface area (Å²) >= 11 is 5.48. The van der Waals surface area contributed by atoms with Crippen molar-refractivity contribution >= 4 is 22.7 Å². The molecule has 0 unspecified atom stereocenters. The lowest BCUT2D eigenvalue weighted by Gasteiger charge is -1.99. The van der Waals surface area contributed by atoms with Crippen LogP contribution < -0.4 is 0 Å². The van der Waals surface area contributed by atoms with E-state index < -0.39 is 5.97 Å². The Balaban J connectivity index is 2.89. The summed E-state index contributed by atoms with van der Waals surface area (Å²) in [5.74, 6) is -0.996. The molecule has 0 saturated heterocycles. The van der Waals surface area contributed by atoms with Gasteiger partial charge in [-0.3, -0.25) is 0 Å². The highest BCUT2D eigenvalue weighted by Gasteiger charge is 2.04. The largest absolute Gasteiger partial charge is 0.478 e. The molecule has 0 amide bonds. The predicted molar refractivity (Wildman–Crippen MR) is 52.2 cm³/mol. The molecule has 0 aromatic heterocycles. The summed E-state index contributed by atoms with van der Waals surface area (Å²) in [5.41, 5.74) is 0.873. The average Bonchev–Trinajstić information content (AvgIpc) is 2.18. The first-order valence-electron chi connectivity index (χ1n) is 3.82. The Bertz CT molecular complexity index is 376. The Morgan fingerprint density at radius 1 is 1.50 bits per heavy atom. The smallest absolute Gasteiger partial charge is 0.335 e. The maximum absolute atomic E-state index is 10.6. The van der Waals surface area contributed by atoms with Crippen LogP contribution in [-0.2, 0) is 6.42 Å². The van der Waals surface area contributed by atoms with Gasteiger partial charge in [0.15, 0.2) is 0 Å². The lowest BCUT2D eigenvalue weighted by molar-refractivity contribution is 0.0697. The van der Waals surface area contributed by atoms with E-state index in [1.165, 1.54) is 12.1 Å². The van der Waals surface area contributed by atoms with E-state index in [-0.39, 0.29) is 17.2 Å². The van der Waals surface area contributed by atoms with Crippen molar-refractivity contribution in [3.8, 4) is 0 Å². The molecule has 0 aliphatic rings. The summed E-state index contributed by atoms with van der Waals surface area (Å²) in [7, 11) is 0. The molecule has 0 atom stereocenters. The minimum Gasteiger partial charge on any atom is -0.478 e. The maximum Gasteiger partial charge on any atom is 0.335 e. The van der Waals surface area contributed by atoms with Crippen LogP contribution in [0.25, 0.3) is 0 Å². The normalized spacial score (nSPS) is 11.4. The van der Waals surface area contributed by atoms with Crippen molar-refractivity contribution in [3.63, 3.8) is 0 Å². The quantitative estimate of drug-likeness (QED) is 0.458. The van der Waals surface area contributed by atoms with E-state index in [4.69, 9.17) is 21.9 Å². The van der Waals surface area contributed by atoms with Crippen LogP contribution in [-0.4, -0.2) is 21.5 Å². The number of rotatable bonds is 3. The highest BCUT2D eigenvalue weighted by Crippen LogP contribution is 2.07. The minimum atomic E-state index is -0.996. The van der Waals surface area contributed by atoms with E-state index in [9.17, 15) is 4.79 Å². The first-order valence-corrected chi connectivity index (χ1v) is 4.20. The van der Waals surface area contributed by atoms with Crippen LogP contribution in [0, 0.1) is 0 Å². The fraction of sp³-hybridized carbons (Fsp3) is 0.111. The zero-order chi connectivity index (χ0) is 10.6. The van der Waals surface area contributed by atoms with Gasteiger partial charge < -0.3 is 10.3 Å². The third-order valence-corrected chi connectivity index (χ3v) is 1.84. The first kappa shape index (κ1) is 10.5. The van der Waals surface area contributed by atoms with E-state index in [2.05, 4.69) is 5.16 Å². The highest BCUT2D eigenvalue weighted by atomic mass is 35.5. The van der Waals surface area contributed by atoms with Crippen LogP contribution in [0.15, 0.2) is 29.4 Å². The van der Waals surface area contributed by atoms with Gasteiger partial charge in [0, 0.05) is 6.42 Å². The van der Waals surface area contributed by atoms with Crippen LogP contribution in [0.5, 0.6) is 0 Å². The number of benzene rings is 1. The first-order chi connectivity index (χ1) is 6.63. The number of nitrogens with zero attached hydrogens (tertiary/aromatic N) is 1. The molecule has 74 valence electrons. The van der Waals surface area contributed by atoms with Gasteiger partial charge in [-0.2, -0.15) is 0 Å². The molecule has 0 spiro atoms. The lowest BCUT2D eigenvalue weighted by Crippen LogP contribution is -1.99. The molecular weight excluding hydrogens is 206 g/mol. The summed E-state index contributed by atoms with van der Waals surface area (Å²) in [5, 5.41) is 19.8. The van der Waals surface area contributed by atoms with Crippen molar-refractivity contribution in [1.29, 1.82) is 0 Å². The molecule has 0 radical (unpaired) electrons. The third kappa shape index (κ3) is 2.74. The average molecular weight is 214 g/mol. The summed E-state index contributed by atoms with van der Waals surface area (Å²) < 4.78 is 0. The summed E-state index contributed by atoms with van der Waals surface area (Å²) in [6.45, 7) is 0. The summed E-state index contributed by atoms with van der Waals surface area (Å²) in [4.78, 5) is 10.6. The Kier molecular flexibility index (Phi) is 3.48. The molecule has 1 aromatic rings. The Morgan fingerprint density at radius 3 is 2.79 bits per heavy atom. The van der Waals surface area contributed by atoms with Crippen molar-refractivity contribution < 1.29 is 15.1 Å². The van der Waals surface area contributed by atoms with Crippen LogP contribution in [0.2, 0.25) is 0 Å². The molecule has 1 aromatic carbocycles. The van der Waals surface area contributed by atoms with E-state index in [1.54, 1.807) is 12.1 Å². The van der Waals surface area contributed by atoms with Crippen LogP contribution >= 0.6 is 11.6 Å². The van der Waals surface area contributed by atoms with Gasteiger partial charge in [-0.25, -0.2) is 4.79 Å². The molecular formula is C9H8ClNO3. The predicted octanol–water partition coefficient (Wildman–Crippen LogP) is 1.95. The van der Waals surface area contributed by atoms with Gasteiger partial charge in [-0.05, 0) is 17.7 Å². The van der Waals surface area contributed by atoms with E-state index >= 15 is 0 Å². The SMILES string of the molecule is O=C(O)c1cccc(CC(Cl)=NO)c1. The van der Waals surface area contributed by atoms with Gasteiger partial charge in [-0.15, -0.1) is 0 Å². The molecule has 5 heteroatoms. The standard InChI is InChI=1S/C9H8ClNO3/c10-8(11-14)5-6-2-1-3-7(4-6)9(12)13/h1-4,14H,5H2,(H,12,13). The van der Waals surface area contributed by atoms with E-state index in [0.29, 0.717) is 5.56 Å². The molecule has 0 aliphatic carbocycles. The zero-order valence-electron chi connectivity index (χ0n) is 7.14. The molecule has 0 saturated carbocycles. The number of carboxylic acid groups (broad SMARTS) is 1. The topological polar surface area (TPSA) is 69.9 Å². The van der Waals surface area contributed by atoms with Gasteiger partial charge >= 0.3 is 5.97 Å². The number of carboxylic acids is 1. The van der Waals surface area contributed by atoms with Crippen molar-refractivity contribution in [1.82, 2.24) is 0 Å². The molecule has 0 fully saturated rings. The maximum atomic E-state index is 10.6. The molecule has 14 heavy (non-hydrogen) atoms. The second kappa shape index (κ2) is 4.62. The van der Waals surface area contributed by atoms with Gasteiger partial charge in [0.05, 0.1) is 5.56 Å². The Hall–Kier alpha value is -1.55. The fourth-order valence-electron chi connectivity index (χ4n) is 1.02. The lowest BCUT2D eigenvalue weighted by atomic mass is 10.1. The van der Waals surface area contributed by atoms with Crippen LogP contribution in [0.4, 0.5) is 0 Å². The number of carbonyl (C=O) groups is 1. The zero-order valence-corrected chi connectivity index (χ0v) is 7.90. The van der Waals surface area contributed by atoms with Crippen molar-refractivity contribution in [2.75, 3.05) is 0 Å². The number of aromatic carboxylic acids is 1. The van der Waals surface area contributed by atoms with Gasteiger partial charge in [0.1, 0.15) is 5.17 Å². The highest BCUT2D eigenvalue weighted by molar-refractivity contribution is 6.65. The van der Waals surface area contributed by atoms with E-state index in [0.717, 1.165) is 0 Å². The number of hydrogen-bond donors (Lipinski definition) is 2. The fourth-order valence-corrected chi connectivity index (χ4v) is 1.17. The van der Waals surface area contributed by atoms with Crippen molar-refractivity contribution in [2.24, 2.45) is 5.16 Å².